The fourth-order valence-electron chi connectivity index (χ4n) is 2.78. The molecule has 0 aliphatic heterocycles. The Hall–Kier alpha value is -2.16. The van der Waals surface area contributed by atoms with Crippen molar-refractivity contribution in [2.45, 2.75) is 20.4 Å². The van der Waals surface area contributed by atoms with Crippen molar-refractivity contribution in [3.63, 3.8) is 0 Å². The second-order valence-corrected chi connectivity index (χ2v) is 7.87. The number of halogens is 1. The van der Waals surface area contributed by atoms with Gasteiger partial charge in [0.05, 0.1) is 17.8 Å². The minimum absolute atomic E-state index is 0.398. The smallest absolute Gasteiger partial charge is 0.349 e. The Morgan fingerprint density at radius 2 is 2.15 bits per heavy atom. The Kier molecular flexibility index (Phi) is 5.69. The number of carbonyl (C=O) groups excluding carboxylic acids is 1. The summed E-state index contributed by atoms with van der Waals surface area (Å²) in [6.45, 7) is 4.60. The number of anilines is 1. The van der Waals surface area contributed by atoms with Gasteiger partial charge in [0, 0.05) is 40.6 Å². The van der Waals surface area contributed by atoms with Crippen LogP contribution in [0.3, 0.4) is 0 Å². The highest BCUT2D eigenvalue weighted by molar-refractivity contribution is 7.80. The van der Waals surface area contributed by atoms with E-state index in [9.17, 15) is 4.79 Å². The van der Waals surface area contributed by atoms with Gasteiger partial charge in [0.2, 0.25) is 0 Å². The summed E-state index contributed by atoms with van der Waals surface area (Å²) in [6, 6.07) is 5.64. The van der Waals surface area contributed by atoms with Gasteiger partial charge in [-0.25, -0.2) is 4.79 Å². The molecule has 3 aromatic rings. The number of esters is 1. The quantitative estimate of drug-likeness (QED) is 0.485. The first-order valence-corrected chi connectivity index (χ1v) is 9.76. The number of aryl methyl sites for hydroxylation is 2. The number of aromatic nitrogens is 2. The molecule has 0 bridgehead atoms. The van der Waals surface area contributed by atoms with Crippen LogP contribution in [0.15, 0.2) is 18.2 Å². The van der Waals surface area contributed by atoms with E-state index in [4.69, 9.17) is 28.6 Å². The molecule has 9 heteroatoms. The van der Waals surface area contributed by atoms with Crippen molar-refractivity contribution in [2.24, 2.45) is 7.05 Å². The van der Waals surface area contributed by atoms with Gasteiger partial charge in [0.25, 0.3) is 0 Å². The number of hydrogen-bond donors (Lipinski definition) is 2. The van der Waals surface area contributed by atoms with Crippen molar-refractivity contribution >= 4 is 62.0 Å². The largest absolute Gasteiger partial charge is 0.465 e. The Morgan fingerprint density at radius 1 is 1.41 bits per heavy atom. The van der Waals surface area contributed by atoms with Crippen LogP contribution in [-0.2, 0) is 18.3 Å². The number of nitrogens with zero attached hydrogens (tertiary/aromatic N) is 2. The topological polar surface area (TPSA) is 68.2 Å². The van der Waals surface area contributed by atoms with Crippen LogP contribution in [-0.4, -0.2) is 28.0 Å². The maximum atomic E-state index is 11.8. The van der Waals surface area contributed by atoms with E-state index < -0.39 is 5.97 Å². The van der Waals surface area contributed by atoms with Crippen LogP contribution < -0.4 is 10.6 Å². The van der Waals surface area contributed by atoms with Crippen LogP contribution in [0.1, 0.15) is 26.6 Å². The van der Waals surface area contributed by atoms with E-state index >= 15 is 0 Å². The summed E-state index contributed by atoms with van der Waals surface area (Å²) in [5, 5.41) is 12.5. The molecular weight excluding hydrogens is 404 g/mol. The number of fused-ring (bicyclic) bond motifs is 1. The van der Waals surface area contributed by atoms with Crippen molar-refractivity contribution in [3.8, 4) is 0 Å². The summed E-state index contributed by atoms with van der Waals surface area (Å²) in [4.78, 5) is 12.2. The lowest BCUT2D eigenvalue weighted by Crippen LogP contribution is -2.28. The van der Waals surface area contributed by atoms with Crippen molar-refractivity contribution in [2.75, 3.05) is 12.4 Å². The van der Waals surface area contributed by atoms with Crippen molar-refractivity contribution < 1.29 is 9.53 Å². The van der Waals surface area contributed by atoms with Gasteiger partial charge in [-0.1, -0.05) is 11.6 Å². The molecule has 2 aromatic heterocycles. The highest BCUT2D eigenvalue weighted by Crippen LogP contribution is 2.37. The lowest BCUT2D eigenvalue weighted by molar-refractivity contribution is 0.0606. The van der Waals surface area contributed by atoms with Gasteiger partial charge < -0.3 is 15.4 Å². The zero-order chi connectivity index (χ0) is 19.7. The number of rotatable bonds is 4. The molecule has 0 saturated carbocycles. The molecule has 6 nitrogen and oxygen atoms in total. The maximum Gasteiger partial charge on any atom is 0.349 e. The molecule has 0 amide bonds. The summed E-state index contributed by atoms with van der Waals surface area (Å²) >= 11 is 13.0. The fraction of sp³-hybridized carbons (Fsp3) is 0.278. The molecule has 2 heterocycles. The minimum Gasteiger partial charge on any atom is -0.465 e. The van der Waals surface area contributed by atoms with Crippen LogP contribution in [0.4, 0.5) is 5.69 Å². The summed E-state index contributed by atoms with van der Waals surface area (Å²) in [7, 11) is 3.26. The minimum atomic E-state index is -0.435. The van der Waals surface area contributed by atoms with Crippen LogP contribution in [0, 0.1) is 13.8 Å². The van der Waals surface area contributed by atoms with E-state index in [-0.39, 0.29) is 0 Å². The van der Waals surface area contributed by atoms with Gasteiger partial charge >= 0.3 is 5.97 Å². The Balaban J connectivity index is 1.72. The van der Waals surface area contributed by atoms with E-state index in [0.29, 0.717) is 21.6 Å². The van der Waals surface area contributed by atoms with Crippen LogP contribution in [0.2, 0.25) is 5.02 Å². The molecule has 2 N–H and O–H groups in total. The molecule has 27 heavy (non-hydrogen) atoms. The molecule has 0 fully saturated rings. The van der Waals surface area contributed by atoms with E-state index in [1.807, 2.05) is 43.8 Å². The third-order valence-electron chi connectivity index (χ3n) is 4.34. The maximum absolute atomic E-state index is 11.8. The van der Waals surface area contributed by atoms with Crippen LogP contribution in [0.25, 0.3) is 10.1 Å². The number of ether oxygens (including phenoxy) is 1. The standard InChI is InChI=1S/C18H19ClN4O2S2/c1-9-13(10(2)23(3)22-9)8-20-18(26)21-11-5-6-12-14(7-11)27-16(15(12)19)17(24)25-4/h5-7H,8H2,1-4H3,(H2,20,21,26). The number of benzene rings is 1. The Bertz CT molecular complexity index is 1040. The van der Waals surface area contributed by atoms with E-state index in [2.05, 4.69) is 15.7 Å². The highest BCUT2D eigenvalue weighted by atomic mass is 35.5. The van der Waals surface area contributed by atoms with Crippen molar-refractivity contribution in [1.82, 2.24) is 15.1 Å². The molecule has 0 aliphatic rings. The Labute approximate surface area is 171 Å². The molecule has 0 spiro atoms. The van der Waals surface area contributed by atoms with Crippen molar-refractivity contribution in [1.29, 1.82) is 0 Å². The van der Waals surface area contributed by atoms with Gasteiger partial charge in [0.15, 0.2) is 5.11 Å². The molecule has 1 aromatic carbocycles. The third-order valence-corrected chi connectivity index (χ3v) is 6.23. The average Bonchev–Trinajstić information content (AvgIpc) is 3.08. The van der Waals surface area contributed by atoms with Gasteiger partial charge in [-0.3, -0.25) is 4.68 Å². The second kappa shape index (κ2) is 7.84. The number of methoxy groups -OCH3 is 1. The first-order valence-electron chi connectivity index (χ1n) is 8.16. The number of carbonyl (C=O) groups is 1. The average molecular weight is 423 g/mol. The third kappa shape index (κ3) is 3.92. The van der Waals surface area contributed by atoms with Gasteiger partial charge in [0.1, 0.15) is 4.88 Å². The van der Waals surface area contributed by atoms with E-state index in [1.165, 1.54) is 18.4 Å². The molecular formula is C18H19ClN4O2S2. The molecule has 0 aliphatic carbocycles. The summed E-state index contributed by atoms with van der Waals surface area (Å²) < 4.78 is 7.51. The number of thiocarbonyl (C=S) groups is 1. The second-order valence-electron chi connectivity index (χ2n) is 6.03. The molecule has 0 atom stereocenters. The zero-order valence-corrected chi connectivity index (χ0v) is 17.7. The van der Waals surface area contributed by atoms with Crippen LogP contribution in [0.5, 0.6) is 0 Å². The van der Waals surface area contributed by atoms with E-state index in [0.717, 1.165) is 32.7 Å². The molecule has 0 radical (unpaired) electrons. The summed E-state index contributed by atoms with van der Waals surface area (Å²) in [5.41, 5.74) is 4.03. The zero-order valence-electron chi connectivity index (χ0n) is 15.3. The van der Waals surface area contributed by atoms with Gasteiger partial charge in [-0.15, -0.1) is 11.3 Å². The first-order chi connectivity index (χ1) is 12.8. The van der Waals surface area contributed by atoms with Gasteiger partial charge in [-0.2, -0.15) is 5.10 Å². The number of nitrogens with one attached hydrogen (secondary N) is 2. The molecule has 142 valence electrons. The molecule has 3 rings (SSSR count). The highest BCUT2D eigenvalue weighted by Gasteiger charge is 2.18. The van der Waals surface area contributed by atoms with Gasteiger partial charge in [-0.05, 0) is 44.3 Å². The summed E-state index contributed by atoms with van der Waals surface area (Å²) in [6.07, 6.45) is 0. The van der Waals surface area contributed by atoms with Crippen LogP contribution >= 0.6 is 35.2 Å². The predicted molar refractivity (Wildman–Crippen MR) is 114 cm³/mol. The SMILES string of the molecule is COC(=O)c1sc2cc(NC(=S)NCc3c(C)nn(C)c3C)ccc2c1Cl. The van der Waals surface area contributed by atoms with E-state index in [1.54, 1.807) is 0 Å². The molecule has 0 saturated heterocycles. The normalized spacial score (nSPS) is 10.9. The number of thiophene rings is 1. The van der Waals surface area contributed by atoms with Crippen molar-refractivity contribution in [3.05, 3.63) is 45.1 Å². The lowest BCUT2D eigenvalue weighted by atomic mass is 10.2. The predicted octanol–water partition coefficient (Wildman–Crippen LogP) is 4.18. The fourth-order valence-corrected chi connectivity index (χ4v) is 4.44. The first kappa shape index (κ1) is 19.6. The summed E-state index contributed by atoms with van der Waals surface area (Å²) in [5.74, 6) is -0.435. The lowest BCUT2D eigenvalue weighted by Gasteiger charge is -2.11. The Morgan fingerprint density at radius 3 is 2.78 bits per heavy atom. The monoisotopic (exact) mass is 422 g/mol. The number of hydrogen-bond acceptors (Lipinski definition) is 5. The molecule has 0 unspecified atom stereocenters.